The average Bonchev–Trinajstić information content (AvgIpc) is 2.87. The Labute approximate surface area is 121 Å². The number of hydrogen-bond acceptors (Lipinski definition) is 3. The Morgan fingerprint density at radius 1 is 0.905 bits per heavy atom. The van der Waals surface area contributed by atoms with Gasteiger partial charge in [0.25, 0.3) is 0 Å². The highest BCUT2D eigenvalue weighted by Crippen LogP contribution is 2.32. The number of aromatic nitrogens is 3. The molecule has 0 aliphatic carbocycles. The molecule has 2 heterocycles. The molecule has 4 rings (SSSR count). The highest BCUT2D eigenvalue weighted by atomic mass is 16.3. The zero-order valence-electron chi connectivity index (χ0n) is 11.5. The van der Waals surface area contributed by atoms with E-state index < -0.39 is 0 Å². The molecule has 2 aromatic carbocycles. The number of para-hydroxylation sites is 1. The summed E-state index contributed by atoms with van der Waals surface area (Å²) >= 11 is 0. The molecule has 1 N–H and O–H groups in total. The van der Waals surface area contributed by atoms with Crippen molar-refractivity contribution < 1.29 is 5.11 Å². The van der Waals surface area contributed by atoms with Crippen molar-refractivity contribution >= 4 is 21.9 Å². The van der Waals surface area contributed by atoms with Crippen molar-refractivity contribution in [3.05, 3.63) is 54.6 Å². The normalized spacial score (nSPS) is 11.3. The lowest BCUT2D eigenvalue weighted by atomic mass is 10.2. The van der Waals surface area contributed by atoms with Crippen LogP contribution in [0.5, 0.6) is 5.88 Å². The summed E-state index contributed by atoms with van der Waals surface area (Å²) in [5.74, 6) is 0.792. The van der Waals surface area contributed by atoms with Crippen LogP contribution in [-0.2, 0) is 7.05 Å². The summed E-state index contributed by atoms with van der Waals surface area (Å²) < 4.78 is 2.01. The minimum Gasteiger partial charge on any atom is -0.492 e. The van der Waals surface area contributed by atoms with Gasteiger partial charge in [-0.3, -0.25) is 0 Å². The second-order valence-electron chi connectivity index (χ2n) is 5.01. The van der Waals surface area contributed by atoms with E-state index in [0.717, 1.165) is 27.8 Å². The molecule has 4 heteroatoms. The van der Waals surface area contributed by atoms with Gasteiger partial charge in [-0.05, 0) is 6.07 Å². The second-order valence-corrected chi connectivity index (χ2v) is 5.01. The highest BCUT2D eigenvalue weighted by molar-refractivity contribution is 6.05. The second kappa shape index (κ2) is 4.31. The van der Waals surface area contributed by atoms with Crippen LogP contribution < -0.4 is 0 Å². The summed E-state index contributed by atoms with van der Waals surface area (Å²) in [5, 5.41) is 11.2. The molecule has 0 radical (unpaired) electrons. The molecular formula is C17H13N3O. The molecule has 2 aromatic heterocycles. The average molecular weight is 275 g/mol. The third-order valence-electron chi connectivity index (χ3n) is 3.72. The van der Waals surface area contributed by atoms with E-state index in [1.165, 1.54) is 0 Å². The molecule has 0 saturated heterocycles. The number of benzene rings is 2. The van der Waals surface area contributed by atoms with Crippen LogP contribution in [0.3, 0.4) is 0 Å². The standard InChI is InChI=1S/C17H13N3O/c1-20-15-12-9-5-6-10-13(12)18-17(21)14(15)19-16(20)11-7-3-2-4-8-11/h2-10H,1H3,(H,18,21). The molecule has 0 saturated carbocycles. The first-order valence-corrected chi connectivity index (χ1v) is 6.75. The number of imidazole rings is 1. The molecule has 102 valence electrons. The molecule has 0 fully saturated rings. The van der Waals surface area contributed by atoms with Gasteiger partial charge in [0.15, 0.2) is 5.52 Å². The third-order valence-corrected chi connectivity index (χ3v) is 3.72. The van der Waals surface area contributed by atoms with Gasteiger partial charge in [0, 0.05) is 18.0 Å². The van der Waals surface area contributed by atoms with E-state index in [0.29, 0.717) is 5.52 Å². The van der Waals surface area contributed by atoms with Crippen LogP contribution in [0.4, 0.5) is 0 Å². The SMILES string of the molecule is Cn1c(-c2ccccc2)nc2c(O)nc3ccccc3c21. The van der Waals surface area contributed by atoms with Gasteiger partial charge in [-0.15, -0.1) is 0 Å². The number of aromatic hydroxyl groups is 1. The van der Waals surface area contributed by atoms with E-state index in [4.69, 9.17) is 0 Å². The maximum absolute atomic E-state index is 10.2. The van der Waals surface area contributed by atoms with Crippen LogP contribution in [0.15, 0.2) is 54.6 Å². The highest BCUT2D eigenvalue weighted by Gasteiger charge is 2.16. The Bertz CT molecular complexity index is 958. The van der Waals surface area contributed by atoms with E-state index in [9.17, 15) is 5.11 Å². The summed E-state index contributed by atoms with van der Waals surface area (Å²) in [7, 11) is 1.96. The van der Waals surface area contributed by atoms with Crippen LogP contribution in [-0.4, -0.2) is 19.6 Å². The smallest absolute Gasteiger partial charge is 0.240 e. The number of nitrogens with zero attached hydrogens (tertiary/aromatic N) is 3. The van der Waals surface area contributed by atoms with Crippen molar-refractivity contribution in [1.29, 1.82) is 0 Å². The number of rotatable bonds is 1. The van der Waals surface area contributed by atoms with Crippen LogP contribution >= 0.6 is 0 Å². The lowest BCUT2D eigenvalue weighted by Crippen LogP contribution is -1.93. The maximum Gasteiger partial charge on any atom is 0.240 e. The van der Waals surface area contributed by atoms with E-state index in [2.05, 4.69) is 9.97 Å². The molecule has 4 aromatic rings. The first-order chi connectivity index (χ1) is 10.3. The Hall–Kier alpha value is -2.88. The van der Waals surface area contributed by atoms with Gasteiger partial charge < -0.3 is 9.67 Å². The van der Waals surface area contributed by atoms with E-state index >= 15 is 0 Å². The van der Waals surface area contributed by atoms with Crippen LogP contribution in [0, 0.1) is 0 Å². The Balaban J connectivity index is 2.16. The third kappa shape index (κ3) is 1.69. The van der Waals surface area contributed by atoms with Crippen molar-refractivity contribution in [3.8, 4) is 17.3 Å². The van der Waals surface area contributed by atoms with Crippen molar-refractivity contribution in [2.45, 2.75) is 0 Å². The molecule has 0 atom stereocenters. The summed E-state index contributed by atoms with van der Waals surface area (Å²) in [6.45, 7) is 0. The molecule has 0 unspecified atom stereocenters. The van der Waals surface area contributed by atoms with Crippen LogP contribution in [0.1, 0.15) is 0 Å². The van der Waals surface area contributed by atoms with Gasteiger partial charge in [0.05, 0.1) is 11.0 Å². The molecule has 0 aliphatic heterocycles. The fourth-order valence-electron chi connectivity index (χ4n) is 2.75. The Morgan fingerprint density at radius 2 is 1.62 bits per heavy atom. The molecule has 0 amide bonds. The summed E-state index contributed by atoms with van der Waals surface area (Å²) in [4.78, 5) is 8.81. The Morgan fingerprint density at radius 3 is 2.43 bits per heavy atom. The lowest BCUT2D eigenvalue weighted by Gasteiger charge is -2.04. The van der Waals surface area contributed by atoms with Gasteiger partial charge in [0.2, 0.25) is 5.88 Å². The molecular weight excluding hydrogens is 262 g/mol. The maximum atomic E-state index is 10.2. The van der Waals surface area contributed by atoms with Crippen LogP contribution in [0.25, 0.3) is 33.3 Å². The summed E-state index contributed by atoms with van der Waals surface area (Å²) in [6, 6.07) is 17.7. The summed E-state index contributed by atoms with van der Waals surface area (Å²) in [5.41, 5.74) is 3.22. The molecule has 4 nitrogen and oxygen atoms in total. The van der Waals surface area contributed by atoms with Crippen molar-refractivity contribution in [1.82, 2.24) is 14.5 Å². The Kier molecular flexibility index (Phi) is 2.44. The first-order valence-electron chi connectivity index (χ1n) is 6.75. The lowest BCUT2D eigenvalue weighted by molar-refractivity contribution is 0.461. The zero-order chi connectivity index (χ0) is 14.4. The predicted octanol–water partition coefficient (Wildman–Crippen LogP) is 3.49. The predicted molar refractivity (Wildman–Crippen MR) is 83.1 cm³/mol. The first kappa shape index (κ1) is 11.9. The molecule has 0 bridgehead atoms. The number of hydrogen-bond donors (Lipinski definition) is 1. The van der Waals surface area contributed by atoms with Gasteiger partial charge in [-0.1, -0.05) is 48.5 Å². The van der Waals surface area contributed by atoms with Gasteiger partial charge in [-0.25, -0.2) is 9.97 Å². The van der Waals surface area contributed by atoms with Gasteiger partial charge >= 0.3 is 0 Å². The minimum atomic E-state index is -0.0264. The quantitative estimate of drug-likeness (QED) is 0.578. The number of fused-ring (bicyclic) bond motifs is 3. The fraction of sp³-hybridized carbons (Fsp3) is 0.0588. The van der Waals surface area contributed by atoms with E-state index in [1.807, 2.05) is 66.2 Å². The van der Waals surface area contributed by atoms with Crippen molar-refractivity contribution in [2.24, 2.45) is 7.05 Å². The monoisotopic (exact) mass is 275 g/mol. The van der Waals surface area contributed by atoms with E-state index in [1.54, 1.807) is 0 Å². The fourth-order valence-corrected chi connectivity index (χ4v) is 2.75. The topological polar surface area (TPSA) is 50.9 Å². The zero-order valence-corrected chi connectivity index (χ0v) is 11.5. The molecule has 0 spiro atoms. The van der Waals surface area contributed by atoms with Crippen molar-refractivity contribution in [2.75, 3.05) is 0 Å². The number of aryl methyl sites for hydroxylation is 1. The number of pyridine rings is 1. The van der Waals surface area contributed by atoms with Crippen molar-refractivity contribution in [3.63, 3.8) is 0 Å². The largest absolute Gasteiger partial charge is 0.492 e. The van der Waals surface area contributed by atoms with Crippen LogP contribution in [0.2, 0.25) is 0 Å². The minimum absolute atomic E-state index is 0.0264. The molecule has 21 heavy (non-hydrogen) atoms. The summed E-state index contributed by atoms with van der Waals surface area (Å²) in [6.07, 6.45) is 0. The van der Waals surface area contributed by atoms with Gasteiger partial charge in [0.1, 0.15) is 5.82 Å². The molecule has 0 aliphatic rings. The van der Waals surface area contributed by atoms with Gasteiger partial charge in [-0.2, -0.15) is 0 Å². The van der Waals surface area contributed by atoms with E-state index in [-0.39, 0.29) is 5.88 Å².